The van der Waals surface area contributed by atoms with Gasteiger partial charge in [-0.1, -0.05) is 30.3 Å². The van der Waals surface area contributed by atoms with E-state index in [1.165, 1.54) is 0 Å². The van der Waals surface area contributed by atoms with Gasteiger partial charge in [-0.15, -0.1) is 0 Å². The molecule has 5 nitrogen and oxygen atoms in total. The van der Waals surface area contributed by atoms with Gasteiger partial charge in [0.15, 0.2) is 0 Å². The molecular weight excluding hydrogens is 328 g/mol. The molecule has 0 radical (unpaired) electrons. The van der Waals surface area contributed by atoms with E-state index in [1.807, 2.05) is 60.7 Å². The number of H-pyrrole nitrogens is 1. The zero-order valence-corrected chi connectivity index (χ0v) is 14.1. The second-order valence-electron chi connectivity index (χ2n) is 5.71. The van der Waals surface area contributed by atoms with Gasteiger partial charge in [0, 0.05) is 6.07 Å². The number of aromatic nitrogens is 2. The smallest absolute Gasteiger partial charge is 0.259 e. The van der Waals surface area contributed by atoms with E-state index < -0.39 is 0 Å². The van der Waals surface area contributed by atoms with Crippen LogP contribution in [0.3, 0.4) is 0 Å². The van der Waals surface area contributed by atoms with E-state index in [1.54, 1.807) is 19.2 Å². The molecule has 0 aliphatic heterocycles. The van der Waals surface area contributed by atoms with Gasteiger partial charge in [0.2, 0.25) is 0 Å². The Morgan fingerprint density at radius 3 is 2.54 bits per heavy atom. The van der Waals surface area contributed by atoms with Crippen molar-refractivity contribution >= 4 is 10.9 Å². The monoisotopic (exact) mass is 344 g/mol. The summed E-state index contributed by atoms with van der Waals surface area (Å²) in [4.78, 5) is 19.8. The van der Waals surface area contributed by atoms with Crippen LogP contribution in [0.2, 0.25) is 0 Å². The standard InChI is InChI=1S/C21H16N2O3/c1-25-14-7-6-8-15(13-14)26-19-12-5-3-10-17(19)20-22-18-11-4-2-9-16(18)21(24)23-20/h2-13H,1H3,(H,22,23,24). The lowest BCUT2D eigenvalue weighted by Crippen LogP contribution is -2.09. The Bertz CT molecular complexity index is 1140. The van der Waals surface area contributed by atoms with Gasteiger partial charge in [0.25, 0.3) is 5.56 Å². The number of aromatic amines is 1. The van der Waals surface area contributed by atoms with Crippen molar-refractivity contribution in [1.29, 1.82) is 0 Å². The van der Waals surface area contributed by atoms with Crippen LogP contribution in [-0.4, -0.2) is 17.1 Å². The zero-order valence-electron chi connectivity index (χ0n) is 14.1. The Labute approximate surface area is 149 Å². The average molecular weight is 344 g/mol. The van der Waals surface area contributed by atoms with Crippen LogP contribution in [0.15, 0.2) is 77.6 Å². The highest BCUT2D eigenvalue weighted by atomic mass is 16.5. The summed E-state index contributed by atoms with van der Waals surface area (Å²) in [5, 5.41) is 0.558. The molecule has 1 heterocycles. The molecule has 1 aromatic heterocycles. The van der Waals surface area contributed by atoms with E-state index in [0.29, 0.717) is 39.5 Å². The summed E-state index contributed by atoms with van der Waals surface area (Å²) in [6, 6.07) is 22.0. The van der Waals surface area contributed by atoms with E-state index in [0.717, 1.165) is 0 Å². The third kappa shape index (κ3) is 3.02. The highest BCUT2D eigenvalue weighted by Crippen LogP contribution is 2.32. The number of ether oxygens (including phenoxy) is 2. The lowest BCUT2D eigenvalue weighted by atomic mass is 10.1. The number of benzene rings is 3. The molecular formula is C21H16N2O3. The number of rotatable bonds is 4. The molecule has 26 heavy (non-hydrogen) atoms. The number of fused-ring (bicyclic) bond motifs is 1. The second-order valence-corrected chi connectivity index (χ2v) is 5.71. The van der Waals surface area contributed by atoms with Gasteiger partial charge in [-0.05, 0) is 36.4 Å². The SMILES string of the molecule is COc1cccc(Oc2ccccc2-c2nc3ccccc3c(=O)[nH]2)c1. The largest absolute Gasteiger partial charge is 0.497 e. The fourth-order valence-corrected chi connectivity index (χ4v) is 2.76. The van der Waals surface area contributed by atoms with Crippen molar-refractivity contribution in [3.8, 4) is 28.6 Å². The summed E-state index contributed by atoms with van der Waals surface area (Å²) < 4.78 is 11.2. The van der Waals surface area contributed by atoms with Gasteiger partial charge in [-0.25, -0.2) is 4.98 Å². The number of hydrogen-bond donors (Lipinski definition) is 1. The number of methoxy groups -OCH3 is 1. The molecule has 5 heteroatoms. The first-order chi connectivity index (χ1) is 12.7. The van der Waals surface area contributed by atoms with E-state index >= 15 is 0 Å². The maximum atomic E-state index is 12.4. The molecule has 0 aliphatic carbocycles. The van der Waals surface area contributed by atoms with Crippen LogP contribution < -0.4 is 15.0 Å². The van der Waals surface area contributed by atoms with Crippen molar-refractivity contribution in [2.75, 3.05) is 7.11 Å². The molecule has 0 saturated heterocycles. The summed E-state index contributed by atoms with van der Waals surface area (Å²) in [6.45, 7) is 0. The van der Waals surface area contributed by atoms with Crippen LogP contribution in [0, 0.1) is 0 Å². The molecule has 0 spiro atoms. The van der Waals surface area contributed by atoms with Gasteiger partial charge < -0.3 is 14.5 Å². The van der Waals surface area contributed by atoms with Crippen LogP contribution in [-0.2, 0) is 0 Å². The third-order valence-electron chi connectivity index (χ3n) is 4.02. The topological polar surface area (TPSA) is 64.2 Å². The fourth-order valence-electron chi connectivity index (χ4n) is 2.76. The summed E-state index contributed by atoms with van der Waals surface area (Å²) in [6.07, 6.45) is 0. The minimum absolute atomic E-state index is 0.179. The first-order valence-electron chi connectivity index (χ1n) is 8.15. The summed E-state index contributed by atoms with van der Waals surface area (Å²) in [5.74, 6) is 2.41. The van der Waals surface area contributed by atoms with Crippen molar-refractivity contribution < 1.29 is 9.47 Å². The number of hydrogen-bond acceptors (Lipinski definition) is 4. The third-order valence-corrected chi connectivity index (χ3v) is 4.02. The van der Waals surface area contributed by atoms with Crippen molar-refractivity contribution in [2.24, 2.45) is 0 Å². The number of para-hydroxylation sites is 2. The van der Waals surface area contributed by atoms with Gasteiger partial charge >= 0.3 is 0 Å². The Morgan fingerprint density at radius 1 is 0.885 bits per heavy atom. The summed E-state index contributed by atoms with van der Waals surface area (Å²) in [7, 11) is 1.61. The highest BCUT2D eigenvalue weighted by molar-refractivity contribution is 5.80. The first-order valence-corrected chi connectivity index (χ1v) is 8.15. The molecule has 0 amide bonds. The Balaban J connectivity index is 1.80. The Morgan fingerprint density at radius 2 is 1.65 bits per heavy atom. The zero-order chi connectivity index (χ0) is 17.9. The van der Waals surface area contributed by atoms with Gasteiger partial charge in [0.1, 0.15) is 23.1 Å². The molecule has 0 atom stereocenters. The summed E-state index contributed by atoms with van der Waals surface area (Å²) >= 11 is 0. The molecule has 0 fully saturated rings. The highest BCUT2D eigenvalue weighted by Gasteiger charge is 2.11. The van der Waals surface area contributed by atoms with Crippen molar-refractivity contribution in [3.63, 3.8) is 0 Å². The molecule has 0 aliphatic rings. The quantitative estimate of drug-likeness (QED) is 0.596. The van der Waals surface area contributed by atoms with Crippen molar-refractivity contribution in [2.45, 2.75) is 0 Å². The number of nitrogens with one attached hydrogen (secondary N) is 1. The molecule has 3 aromatic carbocycles. The number of nitrogens with zero attached hydrogens (tertiary/aromatic N) is 1. The van der Waals surface area contributed by atoms with E-state index in [-0.39, 0.29) is 5.56 Å². The molecule has 0 unspecified atom stereocenters. The second kappa shape index (κ2) is 6.72. The lowest BCUT2D eigenvalue weighted by Gasteiger charge is -2.12. The maximum Gasteiger partial charge on any atom is 0.259 e. The van der Waals surface area contributed by atoms with Crippen LogP contribution >= 0.6 is 0 Å². The molecule has 0 bridgehead atoms. The fraction of sp³-hybridized carbons (Fsp3) is 0.0476. The van der Waals surface area contributed by atoms with Gasteiger partial charge in [-0.2, -0.15) is 0 Å². The lowest BCUT2D eigenvalue weighted by molar-refractivity contribution is 0.409. The summed E-state index contributed by atoms with van der Waals surface area (Å²) in [5.41, 5.74) is 1.17. The Kier molecular flexibility index (Phi) is 4.11. The molecule has 4 aromatic rings. The normalized spacial score (nSPS) is 10.7. The van der Waals surface area contributed by atoms with E-state index in [4.69, 9.17) is 9.47 Å². The molecule has 4 rings (SSSR count). The van der Waals surface area contributed by atoms with Gasteiger partial charge in [-0.3, -0.25) is 4.79 Å². The first kappa shape index (κ1) is 15.9. The molecule has 1 N–H and O–H groups in total. The van der Waals surface area contributed by atoms with Crippen LogP contribution in [0.5, 0.6) is 17.2 Å². The molecule has 0 saturated carbocycles. The van der Waals surface area contributed by atoms with Crippen LogP contribution in [0.4, 0.5) is 0 Å². The maximum absolute atomic E-state index is 12.4. The molecule has 128 valence electrons. The Hall–Kier alpha value is -3.60. The minimum atomic E-state index is -0.179. The predicted molar refractivity (Wildman–Crippen MR) is 101 cm³/mol. The van der Waals surface area contributed by atoms with Crippen LogP contribution in [0.1, 0.15) is 0 Å². The van der Waals surface area contributed by atoms with E-state index in [2.05, 4.69) is 9.97 Å². The predicted octanol–water partition coefficient (Wildman–Crippen LogP) is 4.39. The van der Waals surface area contributed by atoms with Gasteiger partial charge in [0.05, 0.1) is 23.6 Å². The van der Waals surface area contributed by atoms with E-state index in [9.17, 15) is 4.79 Å². The van der Waals surface area contributed by atoms with Crippen molar-refractivity contribution in [1.82, 2.24) is 9.97 Å². The van der Waals surface area contributed by atoms with Crippen LogP contribution in [0.25, 0.3) is 22.3 Å². The average Bonchev–Trinajstić information content (AvgIpc) is 2.68. The minimum Gasteiger partial charge on any atom is -0.497 e. The van der Waals surface area contributed by atoms with Crippen molar-refractivity contribution in [3.05, 3.63) is 83.2 Å².